The molecule has 2 aromatic carbocycles. The summed E-state index contributed by atoms with van der Waals surface area (Å²) in [7, 11) is 1.56. The molecule has 0 saturated heterocycles. The molecule has 0 N–H and O–H groups in total. The Balaban J connectivity index is 1.95. The summed E-state index contributed by atoms with van der Waals surface area (Å²) >= 11 is 0. The van der Waals surface area contributed by atoms with Crippen molar-refractivity contribution in [3.05, 3.63) is 70.1 Å². The maximum Gasteiger partial charge on any atom is 0.348 e. The number of rotatable bonds is 4. The number of methoxy groups -OCH3 is 1. The third kappa shape index (κ3) is 2.83. The van der Waals surface area contributed by atoms with Gasteiger partial charge < -0.3 is 18.6 Å². The van der Waals surface area contributed by atoms with E-state index in [1.54, 1.807) is 50.4 Å². The van der Waals surface area contributed by atoms with Gasteiger partial charge in [0.15, 0.2) is 0 Å². The minimum Gasteiger partial charge on any atom is -0.497 e. The predicted octanol–water partition coefficient (Wildman–Crippen LogP) is 3.26. The third-order valence-electron chi connectivity index (χ3n) is 4.63. The van der Waals surface area contributed by atoms with E-state index in [0.29, 0.717) is 33.6 Å². The first-order valence-electron chi connectivity index (χ1n) is 8.67. The average Bonchev–Trinajstić information content (AvgIpc) is 3.10. The molecule has 1 aliphatic heterocycles. The molecular weight excluding hydrogens is 348 g/mol. The molecule has 1 aromatic heterocycles. The van der Waals surface area contributed by atoms with Crippen molar-refractivity contribution in [3.8, 4) is 11.5 Å². The lowest BCUT2D eigenvalue weighted by Gasteiger charge is -2.18. The molecule has 0 saturated carbocycles. The number of para-hydroxylation sites is 1. The van der Waals surface area contributed by atoms with Gasteiger partial charge in [0.2, 0.25) is 6.10 Å². The summed E-state index contributed by atoms with van der Waals surface area (Å²) in [5, 5.41) is 0.645. The number of fused-ring (bicyclic) bond motifs is 3. The summed E-state index contributed by atoms with van der Waals surface area (Å²) in [6.45, 7) is 1.94. The highest BCUT2D eigenvalue weighted by Gasteiger charge is 2.45. The second-order valence-electron chi connectivity index (χ2n) is 6.17. The summed E-state index contributed by atoms with van der Waals surface area (Å²) < 4.78 is 21.9. The van der Waals surface area contributed by atoms with Gasteiger partial charge in [-0.3, -0.25) is 0 Å². The van der Waals surface area contributed by atoms with Gasteiger partial charge in [0.05, 0.1) is 30.6 Å². The van der Waals surface area contributed by atoms with E-state index >= 15 is 0 Å². The molecule has 2 atom stereocenters. The summed E-state index contributed by atoms with van der Waals surface area (Å²) in [5.74, 6) is -0.179. The van der Waals surface area contributed by atoms with Crippen molar-refractivity contribution in [1.82, 2.24) is 0 Å². The van der Waals surface area contributed by atoms with Crippen molar-refractivity contribution in [1.29, 1.82) is 0 Å². The Morgan fingerprint density at radius 2 is 1.96 bits per heavy atom. The van der Waals surface area contributed by atoms with Gasteiger partial charge in [0, 0.05) is 0 Å². The SMILES string of the molecule is CCOC(=O)[C@H]1Oc2c(c(=O)oc3ccccc23)[C@H]1c1cccc(OC)c1. The van der Waals surface area contributed by atoms with Crippen LogP contribution in [0.2, 0.25) is 0 Å². The molecule has 0 bridgehead atoms. The van der Waals surface area contributed by atoms with E-state index in [-0.39, 0.29) is 6.61 Å². The molecule has 0 radical (unpaired) electrons. The van der Waals surface area contributed by atoms with Gasteiger partial charge in [0.1, 0.15) is 17.1 Å². The highest BCUT2D eigenvalue weighted by Crippen LogP contribution is 2.45. The van der Waals surface area contributed by atoms with Crippen LogP contribution in [0.25, 0.3) is 11.0 Å². The monoisotopic (exact) mass is 366 g/mol. The molecule has 3 aromatic rings. The molecule has 0 spiro atoms. The van der Waals surface area contributed by atoms with Crippen LogP contribution in [0.4, 0.5) is 0 Å². The van der Waals surface area contributed by atoms with Crippen molar-refractivity contribution in [2.75, 3.05) is 13.7 Å². The normalized spacial score (nSPS) is 18.0. The lowest BCUT2D eigenvalue weighted by molar-refractivity contribution is -0.151. The maximum absolute atomic E-state index is 12.8. The van der Waals surface area contributed by atoms with Crippen LogP contribution in [0.3, 0.4) is 0 Å². The highest BCUT2D eigenvalue weighted by atomic mass is 16.6. The minimum atomic E-state index is -0.972. The molecule has 1 aliphatic rings. The molecule has 0 unspecified atom stereocenters. The van der Waals surface area contributed by atoms with Crippen LogP contribution in [-0.4, -0.2) is 25.8 Å². The van der Waals surface area contributed by atoms with Gasteiger partial charge in [0.25, 0.3) is 0 Å². The molecule has 2 heterocycles. The summed E-state index contributed by atoms with van der Waals surface area (Å²) in [4.78, 5) is 25.3. The Morgan fingerprint density at radius 1 is 1.15 bits per heavy atom. The summed E-state index contributed by atoms with van der Waals surface area (Å²) in [5.41, 5.74) is 0.923. The van der Waals surface area contributed by atoms with Crippen LogP contribution in [0.5, 0.6) is 11.5 Å². The van der Waals surface area contributed by atoms with E-state index in [2.05, 4.69) is 0 Å². The minimum absolute atomic E-state index is 0.217. The van der Waals surface area contributed by atoms with Gasteiger partial charge in [-0.25, -0.2) is 9.59 Å². The second kappa shape index (κ2) is 6.79. The van der Waals surface area contributed by atoms with E-state index < -0.39 is 23.6 Å². The van der Waals surface area contributed by atoms with E-state index in [4.69, 9.17) is 18.6 Å². The van der Waals surface area contributed by atoms with Gasteiger partial charge in [-0.05, 0) is 36.8 Å². The topological polar surface area (TPSA) is 75.0 Å². The van der Waals surface area contributed by atoms with Gasteiger partial charge in [-0.15, -0.1) is 0 Å². The van der Waals surface area contributed by atoms with Gasteiger partial charge in [-0.1, -0.05) is 24.3 Å². The third-order valence-corrected chi connectivity index (χ3v) is 4.63. The first kappa shape index (κ1) is 17.1. The smallest absolute Gasteiger partial charge is 0.348 e. The van der Waals surface area contributed by atoms with E-state index in [0.717, 1.165) is 0 Å². The fourth-order valence-electron chi connectivity index (χ4n) is 3.46. The molecular formula is C21H18O6. The zero-order valence-corrected chi connectivity index (χ0v) is 14.9. The van der Waals surface area contributed by atoms with Crippen LogP contribution >= 0.6 is 0 Å². The lowest BCUT2D eigenvalue weighted by Crippen LogP contribution is -2.32. The Morgan fingerprint density at radius 3 is 2.74 bits per heavy atom. The van der Waals surface area contributed by atoms with Crippen LogP contribution in [0.1, 0.15) is 24.0 Å². The van der Waals surface area contributed by atoms with Crippen LogP contribution < -0.4 is 15.1 Å². The Hall–Kier alpha value is -3.28. The standard InChI is InChI=1S/C21H18O6/c1-3-25-21(23)19-16(12-7-6-8-13(11-12)24-2)17-18(27-19)14-9-4-5-10-15(14)26-20(17)22/h4-11,16,19H,3H2,1-2H3/t16-,19+/m1/s1. The fourth-order valence-corrected chi connectivity index (χ4v) is 3.46. The highest BCUT2D eigenvalue weighted by molar-refractivity contribution is 5.88. The molecule has 6 heteroatoms. The van der Waals surface area contributed by atoms with E-state index in [1.165, 1.54) is 0 Å². The van der Waals surface area contributed by atoms with Crippen molar-refractivity contribution in [2.24, 2.45) is 0 Å². The number of benzene rings is 2. The van der Waals surface area contributed by atoms with E-state index in [9.17, 15) is 9.59 Å². The quantitative estimate of drug-likeness (QED) is 0.521. The van der Waals surface area contributed by atoms with Crippen molar-refractivity contribution in [2.45, 2.75) is 18.9 Å². The van der Waals surface area contributed by atoms with Crippen molar-refractivity contribution in [3.63, 3.8) is 0 Å². The molecule has 0 aliphatic carbocycles. The molecule has 4 rings (SSSR count). The fraction of sp³-hybridized carbons (Fsp3) is 0.238. The average molecular weight is 366 g/mol. The van der Waals surface area contributed by atoms with Crippen LogP contribution in [-0.2, 0) is 9.53 Å². The van der Waals surface area contributed by atoms with Gasteiger partial charge in [-0.2, -0.15) is 0 Å². The number of hydrogen-bond acceptors (Lipinski definition) is 6. The van der Waals surface area contributed by atoms with E-state index in [1.807, 2.05) is 12.1 Å². The largest absolute Gasteiger partial charge is 0.497 e. The van der Waals surface area contributed by atoms with Crippen LogP contribution in [0, 0.1) is 0 Å². The Kier molecular flexibility index (Phi) is 4.32. The summed E-state index contributed by atoms with van der Waals surface area (Å²) in [6.07, 6.45) is -0.972. The molecule has 6 nitrogen and oxygen atoms in total. The zero-order chi connectivity index (χ0) is 19.0. The van der Waals surface area contributed by atoms with Crippen LogP contribution in [0.15, 0.2) is 57.7 Å². The Labute approximate surface area is 155 Å². The Bertz CT molecular complexity index is 1070. The molecule has 138 valence electrons. The molecule has 0 amide bonds. The summed E-state index contributed by atoms with van der Waals surface area (Å²) in [6, 6.07) is 14.3. The maximum atomic E-state index is 12.8. The van der Waals surface area contributed by atoms with Gasteiger partial charge >= 0.3 is 11.6 Å². The first-order valence-corrected chi connectivity index (χ1v) is 8.67. The van der Waals surface area contributed by atoms with Crippen molar-refractivity contribution >= 4 is 16.9 Å². The number of carbonyl (C=O) groups is 1. The molecule has 27 heavy (non-hydrogen) atoms. The predicted molar refractivity (Wildman–Crippen MR) is 98.4 cm³/mol. The lowest BCUT2D eigenvalue weighted by atomic mass is 9.88. The number of esters is 1. The zero-order valence-electron chi connectivity index (χ0n) is 14.9. The van der Waals surface area contributed by atoms with Crippen molar-refractivity contribution < 1.29 is 23.4 Å². The number of carbonyl (C=O) groups excluding carboxylic acids is 1. The first-order chi connectivity index (χ1) is 13.1. The molecule has 0 fully saturated rings. The second-order valence-corrected chi connectivity index (χ2v) is 6.17. The number of ether oxygens (including phenoxy) is 3. The number of hydrogen-bond donors (Lipinski definition) is 0.